The Bertz CT molecular complexity index is 2120. The number of hydrogen-bond donors (Lipinski definition) is 6. The Labute approximate surface area is 435 Å². The van der Waals surface area contributed by atoms with Gasteiger partial charge in [0.05, 0.1) is 31.2 Å². The van der Waals surface area contributed by atoms with E-state index in [0.717, 1.165) is 63.4 Å². The molecule has 2 aliphatic carbocycles. The Morgan fingerprint density at radius 3 is 1.49 bits per heavy atom. The van der Waals surface area contributed by atoms with E-state index in [1.54, 1.807) is 58.6 Å². The van der Waals surface area contributed by atoms with Crippen molar-refractivity contribution in [3.63, 3.8) is 0 Å². The molecule has 20 nitrogen and oxygen atoms in total. The quantitative estimate of drug-likeness (QED) is 0.0810. The lowest BCUT2D eigenvalue weighted by atomic mass is 9.84. The molecule has 6 rings (SSSR count). The number of carbonyl (C=O) groups excluding carboxylic acids is 5. The number of benzene rings is 1. The van der Waals surface area contributed by atoms with Gasteiger partial charge < -0.3 is 39.7 Å². The minimum atomic E-state index is -1.02. The average Bonchev–Trinajstić information content (AvgIpc) is 4.08. The van der Waals surface area contributed by atoms with Gasteiger partial charge in [0.25, 0.3) is 0 Å². The topological polar surface area (TPSA) is 287 Å². The summed E-state index contributed by atoms with van der Waals surface area (Å²) in [5.74, 6) is -5.76. The molecule has 414 valence electrons. The number of carboxylic acids is 4. The number of anilines is 1. The van der Waals surface area contributed by atoms with Crippen molar-refractivity contribution < 1.29 is 73.1 Å². The van der Waals surface area contributed by atoms with Crippen LogP contribution in [0.3, 0.4) is 0 Å². The third-order valence-corrected chi connectivity index (χ3v) is 15.2. The van der Waals surface area contributed by atoms with Crippen molar-refractivity contribution in [1.82, 2.24) is 20.4 Å². The molecule has 0 radical (unpaired) electrons. The maximum Gasteiger partial charge on any atom is 0.327 e. The number of nitrogens with zero attached hydrogens (tertiary/aromatic N) is 3. The van der Waals surface area contributed by atoms with Gasteiger partial charge in [-0.1, -0.05) is 84.4 Å². The van der Waals surface area contributed by atoms with E-state index in [1.165, 1.54) is 9.80 Å². The molecule has 2 saturated carbocycles. The summed E-state index contributed by atoms with van der Waals surface area (Å²) in [5.41, 5.74) is 1.49. The number of nitrogens with one attached hydrogen (secondary N) is 2. The predicted molar refractivity (Wildman–Crippen MR) is 273 cm³/mol. The molecular weight excluding hydrogens is 959 g/mol. The number of carbonyl (C=O) groups is 9. The van der Waals surface area contributed by atoms with Crippen LogP contribution in [0.15, 0.2) is 24.3 Å². The standard InChI is InChI=1S/C19H32N2O5.C18H23NO5.C17H28N2O5/c1-4-8-14(19(25)26-5-2)20-12(3)17(22)21-15-10-7-6-9-13(15)11-16(21)18(23)24;1-4-24-18(23)12(3)9-11(2)16(20)19-14-8-6-5-7-13(14)10-15(19)17(21)22;1-3-6-12(16(21)22)18-10(2)15(20)19-13-8-5-4-7-11(13)9-14(19)17(23)24/h12-16,20H,4-11H2,1-3H3,(H,23,24);5-8,11-12,15H,4,9-10H2,1-3H3,(H,21,22);10-14,18H,3-9H2,1-2H3,(H,21,22)(H,23,24)/t12-,13-,14-,15-,16-;11-,12-,15+;10-,11-,12-,13-,14-/m010/s1. The smallest absolute Gasteiger partial charge is 0.327 e. The van der Waals surface area contributed by atoms with Crippen LogP contribution in [0.5, 0.6) is 0 Å². The molecule has 3 amide bonds. The molecule has 1 aromatic carbocycles. The molecule has 6 N–H and O–H groups in total. The molecule has 4 fully saturated rings. The number of ether oxygens (including phenoxy) is 2. The van der Waals surface area contributed by atoms with Gasteiger partial charge in [-0.3, -0.25) is 44.3 Å². The molecule has 2 saturated heterocycles. The monoisotopic (exact) mass is 1040 g/mol. The molecule has 0 aromatic heterocycles. The van der Waals surface area contributed by atoms with E-state index < -0.39 is 78.0 Å². The van der Waals surface area contributed by atoms with Crippen molar-refractivity contribution in [3.8, 4) is 0 Å². The fraction of sp³-hybridized carbons (Fsp3) is 0.722. The fourth-order valence-corrected chi connectivity index (χ4v) is 11.7. The Kier molecular flexibility index (Phi) is 23.8. The highest BCUT2D eigenvalue weighted by molar-refractivity contribution is 6.03. The average molecular weight is 1040 g/mol. The van der Waals surface area contributed by atoms with Gasteiger partial charge in [0.1, 0.15) is 30.2 Å². The molecule has 3 heterocycles. The van der Waals surface area contributed by atoms with Crippen LogP contribution in [0.4, 0.5) is 5.69 Å². The molecule has 0 unspecified atom stereocenters. The van der Waals surface area contributed by atoms with Gasteiger partial charge in [-0.05, 0) is 109 Å². The summed E-state index contributed by atoms with van der Waals surface area (Å²) in [6, 6.07) is 2.09. The van der Waals surface area contributed by atoms with Gasteiger partial charge >= 0.3 is 35.8 Å². The lowest BCUT2D eigenvalue weighted by Crippen LogP contribution is -2.55. The summed E-state index contributed by atoms with van der Waals surface area (Å²) in [4.78, 5) is 113. The number of aliphatic carboxylic acids is 4. The molecule has 74 heavy (non-hydrogen) atoms. The maximum atomic E-state index is 13.1. The van der Waals surface area contributed by atoms with Gasteiger partial charge in [-0.25, -0.2) is 14.4 Å². The SMILES string of the molecule is CCC[C@H](N[C@@H](C)C(=O)N1[C@H](C(=O)O)C[C@@H]2CCCC[C@@H]21)C(=O)O.CCC[C@H](N[C@@H](C)C(=O)N1[C@H](C(=O)O)C[C@@H]2CCCC[C@@H]21)C(=O)OCC.CCOC(=O)[C@H](C)C[C@@H](C)C(=O)N1c2ccccc2C[C@H]1C(=O)O. The summed E-state index contributed by atoms with van der Waals surface area (Å²) in [6.45, 7) is 14.7. The molecule has 3 aliphatic heterocycles. The highest BCUT2D eigenvalue weighted by Crippen LogP contribution is 2.42. The number of carboxylic acid groups (broad SMARTS) is 4. The van der Waals surface area contributed by atoms with Crippen molar-refractivity contribution in [2.24, 2.45) is 23.7 Å². The highest BCUT2D eigenvalue weighted by Gasteiger charge is 2.50. The van der Waals surface area contributed by atoms with Crippen LogP contribution in [-0.2, 0) is 59.0 Å². The maximum absolute atomic E-state index is 13.1. The van der Waals surface area contributed by atoms with Crippen molar-refractivity contribution in [2.75, 3.05) is 18.1 Å². The Hall–Kier alpha value is -5.63. The van der Waals surface area contributed by atoms with E-state index in [1.807, 2.05) is 26.0 Å². The molecule has 0 bridgehead atoms. The number of amides is 3. The zero-order valence-electron chi connectivity index (χ0n) is 44.7. The lowest BCUT2D eigenvalue weighted by Gasteiger charge is -2.35. The molecule has 1 aromatic rings. The molecular formula is C54H83N5O15. The molecule has 0 spiro atoms. The largest absolute Gasteiger partial charge is 0.480 e. The Balaban J connectivity index is 0.000000241. The summed E-state index contributed by atoms with van der Waals surface area (Å²) in [7, 11) is 0. The first kappa shape index (κ1) is 60.9. The van der Waals surface area contributed by atoms with Crippen LogP contribution in [0.2, 0.25) is 0 Å². The highest BCUT2D eigenvalue weighted by atomic mass is 16.5. The normalized spacial score (nSPS) is 25.1. The van der Waals surface area contributed by atoms with Gasteiger partial charge in [0.15, 0.2) is 0 Å². The Morgan fingerprint density at radius 1 is 0.581 bits per heavy atom. The van der Waals surface area contributed by atoms with Crippen LogP contribution in [-0.4, -0.2) is 151 Å². The number of fused-ring (bicyclic) bond motifs is 3. The number of para-hydroxylation sites is 1. The third-order valence-electron chi connectivity index (χ3n) is 15.2. The zero-order valence-corrected chi connectivity index (χ0v) is 44.7. The first-order valence-corrected chi connectivity index (χ1v) is 26.9. The van der Waals surface area contributed by atoms with Crippen LogP contribution in [0.1, 0.15) is 157 Å². The van der Waals surface area contributed by atoms with Gasteiger partial charge in [-0.2, -0.15) is 0 Å². The van der Waals surface area contributed by atoms with Crippen LogP contribution in [0.25, 0.3) is 0 Å². The number of hydrogen-bond acceptors (Lipinski definition) is 13. The summed E-state index contributed by atoms with van der Waals surface area (Å²) >= 11 is 0. The first-order valence-electron chi connectivity index (χ1n) is 26.9. The van der Waals surface area contributed by atoms with Crippen molar-refractivity contribution in [2.45, 2.75) is 212 Å². The summed E-state index contributed by atoms with van der Waals surface area (Å²) < 4.78 is 10.1. The second kappa shape index (κ2) is 28.9. The number of esters is 2. The number of likely N-dealkylation sites (tertiary alicyclic amines) is 2. The second-order valence-electron chi connectivity index (χ2n) is 20.6. The van der Waals surface area contributed by atoms with Crippen molar-refractivity contribution in [1.29, 1.82) is 0 Å². The van der Waals surface area contributed by atoms with Crippen LogP contribution in [0, 0.1) is 23.7 Å². The second-order valence-corrected chi connectivity index (χ2v) is 20.6. The summed E-state index contributed by atoms with van der Waals surface area (Å²) in [5, 5.41) is 43.8. The minimum absolute atomic E-state index is 0.00817. The predicted octanol–water partition coefficient (Wildman–Crippen LogP) is 5.66. The minimum Gasteiger partial charge on any atom is -0.480 e. The molecule has 20 heteroatoms. The van der Waals surface area contributed by atoms with Gasteiger partial charge in [-0.15, -0.1) is 0 Å². The molecule has 5 aliphatic rings. The van der Waals surface area contributed by atoms with E-state index in [9.17, 15) is 63.6 Å². The van der Waals surface area contributed by atoms with E-state index >= 15 is 0 Å². The van der Waals surface area contributed by atoms with Gasteiger partial charge in [0, 0.05) is 30.1 Å². The lowest BCUT2D eigenvalue weighted by molar-refractivity contribution is -0.152. The van der Waals surface area contributed by atoms with Crippen molar-refractivity contribution in [3.05, 3.63) is 29.8 Å². The van der Waals surface area contributed by atoms with Gasteiger partial charge in [0.2, 0.25) is 17.7 Å². The van der Waals surface area contributed by atoms with E-state index in [4.69, 9.17) is 9.47 Å². The van der Waals surface area contributed by atoms with Crippen molar-refractivity contribution >= 4 is 59.2 Å². The Morgan fingerprint density at radius 2 is 1.03 bits per heavy atom. The van der Waals surface area contributed by atoms with Crippen LogP contribution >= 0.6 is 0 Å². The zero-order chi connectivity index (χ0) is 55.0. The number of rotatable bonds is 21. The molecule has 13 atom stereocenters. The van der Waals surface area contributed by atoms with E-state index in [2.05, 4.69) is 10.6 Å². The first-order chi connectivity index (χ1) is 35.1. The van der Waals surface area contributed by atoms with E-state index in [0.29, 0.717) is 63.8 Å². The summed E-state index contributed by atoms with van der Waals surface area (Å²) in [6.07, 6.45) is 12.0. The van der Waals surface area contributed by atoms with Crippen LogP contribution < -0.4 is 15.5 Å². The third kappa shape index (κ3) is 15.5. The fourth-order valence-electron chi connectivity index (χ4n) is 11.7. The van der Waals surface area contributed by atoms with E-state index in [-0.39, 0.29) is 53.6 Å².